The van der Waals surface area contributed by atoms with Gasteiger partial charge in [-0.15, -0.1) is 0 Å². The van der Waals surface area contributed by atoms with Crippen molar-refractivity contribution in [3.05, 3.63) is 53.1 Å². The first-order chi connectivity index (χ1) is 11.1. The van der Waals surface area contributed by atoms with Crippen LogP contribution in [-0.4, -0.2) is 19.2 Å². The molecule has 2 aromatic rings. The molecule has 0 saturated heterocycles. The van der Waals surface area contributed by atoms with E-state index in [4.69, 9.17) is 31.1 Å². The van der Waals surface area contributed by atoms with Crippen LogP contribution in [0.3, 0.4) is 0 Å². The molecule has 2 rings (SSSR count). The molecule has 23 heavy (non-hydrogen) atoms. The third-order valence-corrected chi connectivity index (χ3v) is 3.09. The molecule has 0 aliphatic rings. The van der Waals surface area contributed by atoms with Crippen molar-refractivity contribution in [2.24, 2.45) is 0 Å². The van der Waals surface area contributed by atoms with E-state index in [1.807, 2.05) is 6.07 Å². The quantitative estimate of drug-likeness (QED) is 0.597. The Hall–Kier alpha value is -2.71. The highest BCUT2D eigenvalue weighted by Gasteiger charge is 2.13. The zero-order valence-corrected chi connectivity index (χ0v) is 13.2. The maximum absolute atomic E-state index is 11.9. The van der Waals surface area contributed by atoms with Crippen LogP contribution in [0.5, 0.6) is 17.2 Å². The van der Waals surface area contributed by atoms with E-state index in [0.29, 0.717) is 28.7 Å². The van der Waals surface area contributed by atoms with Crippen molar-refractivity contribution in [3.63, 3.8) is 0 Å². The summed E-state index contributed by atoms with van der Waals surface area (Å²) >= 11 is 5.94. The number of esters is 1. The smallest absolute Gasteiger partial charge is 0.349 e. The number of nitrogens with zero attached hydrogens (tertiary/aromatic N) is 1. The monoisotopic (exact) mass is 331 g/mol. The fourth-order valence-electron chi connectivity index (χ4n) is 1.78. The van der Waals surface area contributed by atoms with Gasteiger partial charge in [-0.2, -0.15) is 5.26 Å². The highest BCUT2D eigenvalue weighted by atomic mass is 35.5. The van der Waals surface area contributed by atoms with E-state index < -0.39 is 5.97 Å². The molecule has 0 radical (unpaired) electrons. The van der Waals surface area contributed by atoms with Gasteiger partial charge in [0.2, 0.25) is 0 Å². The molecule has 0 fully saturated rings. The topological polar surface area (TPSA) is 68.5 Å². The highest BCUT2D eigenvalue weighted by molar-refractivity contribution is 6.32. The Kier molecular flexibility index (Phi) is 5.84. The molecule has 0 atom stereocenters. The first-order valence-electron chi connectivity index (χ1n) is 6.89. The van der Waals surface area contributed by atoms with Gasteiger partial charge in [-0.3, -0.25) is 0 Å². The number of halogens is 1. The molecule has 6 heteroatoms. The van der Waals surface area contributed by atoms with Gasteiger partial charge in [0.25, 0.3) is 0 Å². The van der Waals surface area contributed by atoms with Crippen molar-refractivity contribution in [1.29, 1.82) is 5.26 Å². The lowest BCUT2D eigenvalue weighted by molar-refractivity contribution is -0.136. The third-order valence-electron chi connectivity index (χ3n) is 2.78. The van der Waals surface area contributed by atoms with Crippen LogP contribution < -0.4 is 14.2 Å². The van der Waals surface area contributed by atoms with E-state index in [1.165, 1.54) is 12.1 Å². The van der Waals surface area contributed by atoms with Gasteiger partial charge in [0.15, 0.2) is 18.1 Å². The molecule has 0 aromatic heterocycles. The molecule has 0 saturated carbocycles. The van der Waals surface area contributed by atoms with Crippen LogP contribution in [0.15, 0.2) is 42.5 Å². The van der Waals surface area contributed by atoms with Crippen molar-refractivity contribution >= 4 is 17.6 Å². The van der Waals surface area contributed by atoms with E-state index in [2.05, 4.69) is 0 Å². The number of carbonyl (C=O) groups excluding carboxylic acids is 1. The van der Waals surface area contributed by atoms with Crippen molar-refractivity contribution < 1.29 is 19.0 Å². The molecule has 0 unspecified atom stereocenters. The molecule has 2 aromatic carbocycles. The fraction of sp³-hybridized carbons (Fsp3) is 0.176. The number of rotatable bonds is 6. The molecule has 118 valence electrons. The summed E-state index contributed by atoms with van der Waals surface area (Å²) in [5, 5.41) is 9.30. The lowest BCUT2D eigenvalue weighted by Gasteiger charge is -2.11. The second kappa shape index (κ2) is 8.06. The number of hydrogen-bond donors (Lipinski definition) is 0. The Bertz CT molecular complexity index is 740. The first-order valence-corrected chi connectivity index (χ1v) is 7.26. The molecule has 0 spiro atoms. The molecule has 0 aliphatic heterocycles. The minimum absolute atomic E-state index is 0.235. The van der Waals surface area contributed by atoms with Gasteiger partial charge in [0.05, 0.1) is 23.3 Å². The number of hydrogen-bond acceptors (Lipinski definition) is 5. The lowest BCUT2D eigenvalue weighted by atomic mass is 10.2. The molecule has 0 aliphatic carbocycles. The number of carbonyl (C=O) groups is 1. The SMILES string of the molecule is CCOc1cc(C#N)ccc1OC(=O)COc1ccccc1Cl. The van der Waals surface area contributed by atoms with Gasteiger partial charge < -0.3 is 14.2 Å². The lowest BCUT2D eigenvalue weighted by Crippen LogP contribution is -2.18. The predicted molar refractivity (Wildman–Crippen MR) is 84.9 cm³/mol. The number of nitriles is 1. The first kappa shape index (κ1) is 16.7. The molecule has 0 amide bonds. The number of para-hydroxylation sites is 1. The largest absolute Gasteiger partial charge is 0.490 e. The number of benzene rings is 2. The molecular weight excluding hydrogens is 318 g/mol. The highest BCUT2D eigenvalue weighted by Crippen LogP contribution is 2.28. The Morgan fingerprint density at radius 1 is 1.13 bits per heavy atom. The number of ether oxygens (including phenoxy) is 3. The molecule has 0 N–H and O–H groups in total. The predicted octanol–water partition coefficient (Wildman–Crippen LogP) is 3.59. The minimum atomic E-state index is -0.601. The van der Waals surface area contributed by atoms with Crippen LogP contribution in [0.4, 0.5) is 0 Å². The summed E-state index contributed by atoms with van der Waals surface area (Å²) in [7, 11) is 0. The van der Waals surface area contributed by atoms with Gasteiger partial charge in [0, 0.05) is 6.07 Å². The zero-order chi connectivity index (χ0) is 16.7. The molecular formula is C17H14ClNO4. The molecule has 5 nitrogen and oxygen atoms in total. The average Bonchev–Trinajstić information content (AvgIpc) is 2.56. The normalized spacial score (nSPS) is 9.78. The van der Waals surface area contributed by atoms with E-state index in [9.17, 15) is 4.79 Å². The van der Waals surface area contributed by atoms with Crippen molar-refractivity contribution in [3.8, 4) is 23.3 Å². The summed E-state index contributed by atoms with van der Waals surface area (Å²) in [4.78, 5) is 11.9. The summed E-state index contributed by atoms with van der Waals surface area (Å²) in [5.41, 5.74) is 0.417. The summed E-state index contributed by atoms with van der Waals surface area (Å²) in [6.45, 7) is 1.88. The van der Waals surface area contributed by atoms with Gasteiger partial charge in [-0.1, -0.05) is 23.7 Å². The Labute approximate surface area is 139 Å². The summed E-state index contributed by atoms with van der Waals surface area (Å²) in [6.07, 6.45) is 0. The maximum Gasteiger partial charge on any atom is 0.349 e. The van der Waals surface area contributed by atoms with Crippen molar-refractivity contribution in [2.75, 3.05) is 13.2 Å². The van der Waals surface area contributed by atoms with E-state index in [-0.39, 0.29) is 12.4 Å². The second-order valence-electron chi connectivity index (χ2n) is 4.40. The Morgan fingerprint density at radius 3 is 2.61 bits per heavy atom. The van der Waals surface area contributed by atoms with E-state index in [0.717, 1.165) is 0 Å². The van der Waals surface area contributed by atoms with Crippen LogP contribution in [0, 0.1) is 11.3 Å². The average molecular weight is 332 g/mol. The fourth-order valence-corrected chi connectivity index (χ4v) is 1.97. The van der Waals surface area contributed by atoms with Crippen LogP contribution in [0.25, 0.3) is 0 Å². The van der Waals surface area contributed by atoms with E-state index in [1.54, 1.807) is 37.3 Å². The van der Waals surface area contributed by atoms with Crippen LogP contribution in [-0.2, 0) is 4.79 Å². The van der Waals surface area contributed by atoms with Crippen molar-refractivity contribution in [1.82, 2.24) is 0 Å². The molecule has 0 heterocycles. The maximum atomic E-state index is 11.9. The molecule has 0 bridgehead atoms. The second-order valence-corrected chi connectivity index (χ2v) is 4.81. The minimum Gasteiger partial charge on any atom is -0.490 e. The summed E-state index contributed by atoms with van der Waals surface area (Å²) in [6, 6.07) is 13.4. The Balaban J connectivity index is 2.02. The van der Waals surface area contributed by atoms with Gasteiger partial charge in [-0.25, -0.2) is 4.79 Å². The van der Waals surface area contributed by atoms with E-state index >= 15 is 0 Å². The van der Waals surface area contributed by atoms with Crippen LogP contribution >= 0.6 is 11.6 Å². The Morgan fingerprint density at radius 2 is 1.91 bits per heavy atom. The standard InChI is InChI=1S/C17H14ClNO4/c1-2-21-16-9-12(10-19)7-8-15(16)23-17(20)11-22-14-6-4-3-5-13(14)18/h3-9H,2,11H2,1H3. The third kappa shape index (κ3) is 4.63. The van der Waals surface area contributed by atoms with Crippen LogP contribution in [0.2, 0.25) is 5.02 Å². The summed E-state index contributed by atoms with van der Waals surface area (Å²) in [5.74, 6) is 0.364. The van der Waals surface area contributed by atoms with Crippen LogP contribution in [0.1, 0.15) is 12.5 Å². The van der Waals surface area contributed by atoms with Gasteiger partial charge >= 0.3 is 5.97 Å². The van der Waals surface area contributed by atoms with Crippen molar-refractivity contribution in [2.45, 2.75) is 6.92 Å². The van der Waals surface area contributed by atoms with Gasteiger partial charge in [0.1, 0.15) is 5.75 Å². The van der Waals surface area contributed by atoms with Gasteiger partial charge in [-0.05, 0) is 31.2 Å². The summed E-state index contributed by atoms with van der Waals surface area (Å²) < 4.78 is 15.9. The zero-order valence-electron chi connectivity index (χ0n) is 12.4.